The van der Waals surface area contributed by atoms with Gasteiger partial charge in [0.1, 0.15) is 5.75 Å². The summed E-state index contributed by atoms with van der Waals surface area (Å²) in [5.41, 5.74) is 0. The standard InChI is InChI=1S/C22H28N2O7S2/c1-23-22(26)19-14-16(20-4-3-13-32-20)15-21(31-19)30-12-10-24(9-11-25)33(27,28)18-7-5-17(29-2)6-8-18/h3-8,13-14,16,21,25H,9-12,15H2,1-2H3,(H,23,26)/t16-,21+/m1/s1. The number of likely N-dealkylation sites (N-methyl/N-ethyl adjacent to an activating group) is 1. The van der Waals surface area contributed by atoms with Crippen molar-refractivity contribution >= 4 is 27.3 Å². The SMILES string of the molecule is CNC(=O)C1=C[C@@H](c2cccs2)C[C@@H](OCCN(CCO)S(=O)(=O)c2ccc(OC)cc2)O1. The van der Waals surface area contributed by atoms with E-state index >= 15 is 0 Å². The summed E-state index contributed by atoms with van der Waals surface area (Å²) in [7, 11) is -0.821. The number of benzene rings is 1. The Morgan fingerprint density at radius 2 is 2.03 bits per heavy atom. The average molecular weight is 497 g/mol. The van der Waals surface area contributed by atoms with Crippen LogP contribution in [0.15, 0.2) is 58.5 Å². The Hall–Kier alpha value is -2.44. The number of carbonyl (C=O) groups excluding carboxylic acids is 1. The Balaban J connectivity index is 1.66. The molecule has 0 radical (unpaired) electrons. The number of nitrogens with one attached hydrogen (secondary N) is 1. The third-order valence-electron chi connectivity index (χ3n) is 5.11. The Labute approximate surface area is 197 Å². The van der Waals surface area contributed by atoms with Crippen molar-refractivity contribution < 1.29 is 32.5 Å². The molecule has 0 aliphatic carbocycles. The van der Waals surface area contributed by atoms with Gasteiger partial charge in [-0.15, -0.1) is 11.3 Å². The molecule has 33 heavy (non-hydrogen) atoms. The number of sulfonamides is 1. The zero-order valence-electron chi connectivity index (χ0n) is 18.5. The van der Waals surface area contributed by atoms with Crippen molar-refractivity contribution in [1.29, 1.82) is 0 Å². The quantitative estimate of drug-likeness (QED) is 0.488. The van der Waals surface area contributed by atoms with E-state index in [1.54, 1.807) is 29.5 Å². The second kappa shape index (κ2) is 11.6. The molecule has 0 saturated carbocycles. The fourth-order valence-electron chi connectivity index (χ4n) is 3.39. The maximum Gasteiger partial charge on any atom is 0.285 e. The molecular formula is C22H28N2O7S2. The summed E-state index contributed by atoms with van der Waals surface area (Å²) in [6.45, 7) is -0.376. The fraction of sp³-hybridized carbons (Fsp3) is 0.409. The summed E-state index contributed by atoms with van der Waals surface area (Å²) < 4.78 is 43.8. The molecule has 0 fully saturated rings. The number of carbonyl (C=O) groups is 1. The molecule has 1 aliphatic rings. The monoisotopic (exact) mass is 496 g/mol. The molecule has 2 N–H and O–H groups in total. The number of ether oxygens (including phenoxy) is 3. The molecule has 0 spiro atoms. The molecule has 1 aromatic heterocycles. The van der Waals surface area contributed by atoms with Gasteiger partial charge in [0, 0.05) is 37.4 Å². The maximum atomic E-state index is 13.0. The van der Waals surface area contributed by atoms with Crippen LogP contribution in [0.1, 0.15) is 17.2 Å². The molecule has 9 nitrogen and oxygen atoms in total. The number of nitrogens with zero attached hydrogens (tertiary/aromatic N) is 1. The molecular weight excluding hydrogens is 468 g/mol. The molecule has 180 valence electrons. The van der Waals surface area contributed by atoms with Crippen LogP contribution in [0.3, 0.4) is 0 Å². The second-order valence-electron chi connectivity index (χ2n) is 7.19. The minimum atomic E-state index is -3.84. The van der Waals surface area contributed by atoms with Crippen LogP contribution in [0.5, 0.6) is 5.75 Å². The van der Waals surface area contributed by atoms with Gasteiger partial charge in [-0.1, -0.05) is 6.07 Å². The summed E-state index contributed by atoms with van der Waals surface area (Å²) in [5, 5.41) is 13.9. The van der Waals surface area contributed by atoms with Crippen LogP contribution in [0, 0.1) is 0 Å². The predicted octanol–water partition coefficient (Wildman–Crippen LogP) is 1.92. The highest BCUT2D eigenvalue weighted by Crippen LogP contribution is 2.33. The molecule has 1 aliphatic heterocycles. The Morgan fingerprint density at radius 3 is 2.64 bits per heavy atom. The van der Waals surface area contributed by atoms with Crippen molar-refractivity contribution in [1.82, 2.24) is 9.62 Å². The largest absolute Gasteiger partial charge is 0.497 e. The normalized spacial score (nSPS) is 18.5. The lowest BCUT2D eigenvalue weighted by Crippen LogP contribution is -2.38. The average Bonchev–Trinajstić information content (AvgIpc) is 3.38. The zero-order chi connectivity index (χ0) is 23.8. The van der Waals surface area contributed by atoms with E-state index in [2.05, 4.69) is 5.32 Å². The minimum absolute atomic E-state index is 0.0114. The van der Waals surface area contributed by atoms with Crippen LogP contribution in [-0.2, 0) is 24.3 Å². The second-order valence-corrected chi connectivity index (χ2v) is 10.1. The topological polar surface area (TPSA) is 114 Å². The Kier molecular flexibility index (Phi) is 8.87. The molecule has 3 rings (SSSR count). The molecule has 1 aromatic carbocycles. The van der Waals surface area contributed by atoms with Crippen LogP contribution in [0.2, 0.25) is 0 Å². The van der Waals surface area contributed by atoms with Crippen molar-refractivity contribution in [2.24, 2.45) is 0 Å². The lowest BCUT2D eigenvalue weighted by atomic mass is 10.00. The first-order valence-electron chi connectivity index (χ1n) is 10.4. The van der Waals surface area contributed by atoms with Crippen LogP contribution in [0.25, 0.3) is 0 Å². The fourth-order valence-corrected chi connectivity index (χ4v) is 5.61. The highest BCUT2D eigenvalue weighted by molar-refractivity contribution is 7.89. The number of hydrogen-bond donors (Lipinski definition) is 2. The molecule has 1 amide bonds. The van der Waals surface area contributed by atoms with Crippen molar-refractivity contribution in [3.05, 3.63) is 58.5 Å². The molecule has 0 unspecified atom stereocenters. The van der Waals surface area contributed by atoms with E-state index in [1.807, 2.05) is 17.5 Å². The van der Waals surface area contributed by atoms with Crippen molar-refractivity contribution in [2.45, 2.75) is 23.5 Å². The summed E-state index contributed by atoms with van der Waals surface area (Å²) in [5.74, 6) is 0.312. The summed E-state index contributed by atoms with van der Waals surface area (Å²) in [4.78, 5) is 13.3. The zero-order valence-corrected chi connectivity index (χ0v) is 20.1. The number of thiophene rings is 1. The van der Waals surface area contributed by atoms with E-state index in [9.17, 15) is 18.3 Å². The van der Waals surface area contributed by atoms with Gasteiger partial charge in [0.15, 0.2) is 5.76 Å². The maximum absolute atomic E-state index is 13.0. The number of amides is 1. The molecule has 2 heterocycles. The van der Waals surface area contributed by atoms with Crippen LogP contribution in [0.4, 0.5) is 0 Å². The van der Waals surface area contributed by atoms with Crippen molar-refractivity contribution in [3.8, 4) is 5.75 Å². The van der Waals surface area contributed by atoms with E-state index in [4.69, 9.17) is 14.2 Å². The smallest absolute Gasteiger partial charge is 0.285 e. The van der Waals surface area contributed by atoms with Gasteiger partial charge in [-0.05, 0) is 41.8 Å². The molecule has 2 aromatic rings. The number of allylic oxidation sites excluding steroid dienone is 1. The number of methoxy groups -OCH3 is 1. The Bertz CT molecular complexity index is 1040. The van der Waals surface area contributed by atoms with E-state index in [0.29, 0.717) is 12.2 Å². The van der Waals surface area contributed by atoms with Gasteiger partial charge in [0.2, 0.25) is 16.3 Å². The minimum Gasteiger partial charge on any atom is -0.497 e. The number of rotatable bonds is 11. The van der Waals surface area contributed by atoms with Gasteiger partial charge >= 0.3 is 0 Å². The van der Waals surface area contributed by atoms with E-state index in [1.165, 1.54) is 26.3 Å². The van der Waals surface area contributed by atoms with Crippen LogP contribution >= 0.6 is 11.3 Å². The molecule has 0 bridgehead atoms. The predicted molar refractivity (Wildman–Crippen MR) is 123 cm³/mol. The van der Waals surface area contributed by atoms with Gasteiger partial charge in [-0.25, -0.2) is 8.42 Å². The molecule has 0 saturated heterocycles. The van der Waals surface area contributed by atoms with Crippen LogP contribution in [-0.4, -0.2) is 70.5 Å². The molecule has 2 atom stereocenters. The molecule has 11 heteroatoms. The first kappa shape index (κ1) is 25.2. The van der Waals surface area contributed by atoms with Gasteiger partial charge in [-0.3, -0.25) is 4.79 Å². The van der Waals surface area contributed by atoms with Gasteiger partial charge in [0.05, 0.1) is 25.2 Å². The van der Waals surface area contributed by atoms with E-state index in [0.717, 1.165) is 9.18 Å². The highest BCUT2D eigenvalue weighted by Gasteiger charge is 2.30. The summed E-state index contributed by atoms with van der Waals surface area (Å²) >= 11 is 1.58. The Morgan fingerprint density at radius 1 is 1.27 bits per heavy atom. The third-order valence-corrected chi connectivity index (χ3v) is 8.02. The van der Waals surface area contributed by atoms with E-state index < -0.39 is 16.3 Å². The lowest BCUT2D eigenvalue weighted by molar-refractivity contribution is -0.146. The van der Waals surface area contributed by atoms with Gasteiger partial charge in [-0.2, -0.15) is 4.31 Å². The van der Waals surface area contributed by atoms with E-state index in [-0.39, 0.29) is 48.8 Å². The summed E-state index contributed by atoms with van der Waals surface area (Å²) in [6.07, 6.45) is 1.55. The van der Waals surface area contributed by atoms with Crippen molar-refractivity contribution in [3.63, 3.8) is 0 Å². The highest BCUT2D eigenvalue weighted by atomic mass is 32.2. The first-order valence-corrected chi connectivity index (χ1v) is 12.7. The van der Waals surface area contributed by atoms with Gasteiger partial charge in [0.25, 0.3) is 5.91 Å². The van der Waals surface area contributed by atoms with Gasteiger partial charge < -0.3 is 24.6 Å². The first-order chi connectivity index (χ1) is 15.9. The number of aliphatic hydroxyl groups excluding tert-OH is 1. The van der Waals surface area contributed by atoms with Crippen LogP contribution < -0.4 is 10.1 Å². The number of hydrogen-bond acceptors (Lipinski definition) is 8. The summed E-state index contributed by atoms with van der Waals surface area (Å²) in [6, 6.07) is 9.96. The number of aliphatic hydroxyl groups is 1. The lowest BCUT2D eigenvalue weighted by Gasteiger charge is -2.29. The third kappa shape index (κ3) is 6.33. The van der Waals surface area contributed by atoms with Crippen molar-refractivity contribution in [2.75, 3.05) is 40.5 Å².